The van der Waals surface area contributed by atoms with E-state index in [-0.39, 0.29) is 23.4 Å². The number of carbonyl (C=O) groups excluding carboxylic acids is 5. The van der Waals surface area contributed by atoms with Crippen LogP contribution in [-0.4, -0.2) is 68.0 Å². The van der Waals surface area contributed by atoms with Crippen LogP contribution < -0.4 is 10.6 Å². The lowest BCUT2D eigenvalue weighted by atomic mass is 10.0. The van der Waals surface area contributed by atoms with E-state index in [9.17, 15) is 28.5 Å². The maximum atomic E-state index is 13.0. The Morgan fingerprint density at radius 1 is 1.11 bits per heavy atom. The molecule has 3 atom stereocenters. The van der Waals surface area contributed by atoms with Crippen LogP contribution in [0.2, 0.25) is 0 Å². The van der Waals surface area contributed by atoms with E-state index >= 15 is 0 Å². The summed E-state index contributed by atoms with van der Waals surface area (Å²) in [6, 6.07) is 5.47. The largest absolute Gasteiger partial charge is 0.614 e. The molecule has 0 saturated carbocycles. The number of hydrogen-bond donors (Lipinski definition) is 2. The van der Waals surface area contributed by atoms with Crippen LogP contribution in [0.5, 0.6) is 0 Å². The number of hydrogen-bond acceptors (Lipinski definition) is 8. The fourth-order valence-corrected chi connectivity index (χ4v) is 5.43. The third-order valence-corrected chi connectivity index (χ3v) is 6.83. The summed E-state index contributed by atoms with van der Waals surface area (Å²) >= 11 is -1.73. The summed E-state index contributed by atoms with van der Waals surface area (Å²) in [6.45, 7) is 10.1. The van der Waals surface area contributed by atoms with Gasteiger partial charge in [-0.25, -0.2) is 9.59 Å². The molecule has 3 rings (SSSR count). The Labute approximate surface area is 218 Å². The molecule has 2 N–H and O–H groups in total. The molecule has 1 aromatic rings. The average molecular weight is 534 g/mol. The van der Waals surface area contributed by atoms with Crippen molar-refractivity contribution < 1.29 is 38.0 Å². The van der Waals surface area contributed by atoms with E-state index in [1.807, 2.05) is 0 Å². The summed E-state index contributed by atoms with van der Waals surface area (Å²) in [5.41, 5.74) is -1.11. The highest BCUT2D eigenvalue weighted by atomic mass is 32.2. The molecule has 3 amide bonds. The molecule has 1 aromatic carbocycles. The Balaban J connectivity index is 1.73. The molecule has 0 aromatic heterocycles. The number of nitrogens with one attached hydrogen (secondary N) is 2. The molecule has 11 nitrogen and oxygen atoms in total. The number of ether oxygens (including phenoxy) is 2. The van der Waals surface area contributed by atoms with Crippen molar-refractivity contribution in [1.82, 2.24) is 10.2 Å². The molecule has 2 aliphatic rings. The quantitative estimate of drug-likeness (QED) is 0.243. The van der Waals surface area contributed by atoms with Crippen LogP contribution in [0.25, 0.3) is 0 Å². The third kappa shape index (κ3) is 6.69. The van der Waals surface area contributed by atoms with E-state index in [4.69, 9.17) is 9.47 Å². The average Bonchev–Trinajstić information content (AvgIpc) is 2.75. The van der Waals surface area contributed by atoms with Crippen LogP contribution in [-0.2, 0) is 46.2 Å². The monoisotopic (exact) mass is 533 g/mol. The standard InChI is InChI=1S/C25H31N3O8S/c1-24(2,3)35-22(32)19-15(12-29)13-37(34)21-18(20(31)28(19)21)27-17(30)11-14-9-7-8-10-16(14)26-23(33)36-25(4,5)6/h7-10,12,18,21H,11,13H2,1-6H3,(H,26,33)(H,27,30)/t18?,21-,37?/m0/s1. The molecule has 2 heterocycles. The fraction of sp³-hybridized carbons (Fsp3) is 0.480. The van der Waals surface area contributed by atoms with Crippen LogP contribution in [0, 0.1) is 0 Å². The van der Waals surface area contributed by atoms with E-state index < -0.39 is 57.7 Å². The van der Waals surface area contributed by atoms with Gasteiger partial charge in [0.15, 0.2) is 12.3 Å². The number of amides is 3. The third-order valence-electron chi connectivity index (χ3n) is 5.21. The highest BCUT2D eigenvalue weighted by Crippen LogP contribution is 2.37. The summed E-state index contributed by atoms with van der Waals surface area (Å²) in [6.07, 6.45) is -0.486. The van der Waals surface area contributed by atoms with Gasteiger partial charge in [0.1, 0.15) is 22.7 Å². The molecule has 200 valence electrons. The predicted octanol–water partition coefficient (Wildman–Crippen LogP) is 1.79. The van der Waals surface area contributed by atoms with Crippen molar-refractivity contribution in [1.29, 1.82) is 0 Å². The lowest BCUT2D eigenvalue weighted by Gasteiger charge is -2.49. The van der Waals surface area contributed by atoms with Gasteiger partial charge in [-0.15, -0.1) is 0 Å². The number of carbonyl (C=O) groups is 5. The zero-order valence-electron chi connectivity index (χ0n) is 21.6. The van der Waals surface area contributed by atoms with E-state index in [1.54, 1.807) is 65.8 Å². The summed E-state index contributed by atoms with van der Waals surface area (Å²) in [4.78, 5) is 63.3. The number of rotatable bonds is 6. The Morgan fingerprint density at radius 3 is 2.32 bits per heavy atom. The Kier molecular flexibility index (Phi) is 8.03. The first-order valence-electron chi connectivity index (χ1n) is 11.6. The smallest absolute Gasteiger partial charge is 0.412 e. The van der Waals surface area contributed by atoms with Gasteiger partial charge in [0.25, 0.3) is 5.91 Å². The number of β-lactam (4-membered cyclic amide) rings is 1. The summed E-state index contributed by atoms with van der Waals surface area (Å²) in [5, 5.41) is 4.16. The number of fused-ring (bicyclic) bond motifs is 1. The predicted molar refractivity (Wildman–Crippen MR) is 135 cm³/mol. The van der Waals surface area contributed by atoms with Crippen molar-refractivity contribution in [2.24, 2.45) is 0 Å². The number of anilines is 1. The second kappa shape index (κ2) is 10.5. The van der Waals surface area contributed by atoms with Gasteiger partial charge in [-0.3, -0.25) is 24.6 Å². The SMILES string of the molecule is CC(C)(C)OC(=O)Nc1ccccc1CC(=O)NC1C(=O)N2C(C(=O)OC(C)(C)C)=C(C=O)C[S+]([O-])[C@@H]12. The second-order valence-electron chi connectivity index (χ2n) is 10.6. The number of esters is 1. The minimum Gasteiger partial charge on any atom is -0.614 e. The second-order valence-corrected chi connectivity index (χ2v) is 12.2. The van der Waals surface area contributed by atoms with Gasteiger partial charge in [0, 0.05) is 5.69 Å². The van der Waals surface area contributed by atoms with Crippen molar-refractivity contribution >= 4 is 47.0 Å². The zero-order valence-corrected chi connectivity index (χ0v) is 22.4. The molecule has 0 spiro atoms. The highest BCUT2D eigenvalue weighted by molar-refractivity contribution is 7.92. The molecular formula is C25H31N3O8S. The highest BCUT2D eigenvalue weighted by Gasteiger charge is 2.61. The molecular weight excluding hydrogens is 502 g/mol. The lowest BCUT2D eigenvalue weighted by Crippen LogP contribution is -2.75. The fourth-order valence-electron chi connectivity index (χ4n) is 3.82. The molecule has 37 heavy (non-hydrogen) atoms. The van der Waals surface area contributed by atoms with Crippen LogP contribution in [0.1, 0.15) is 47.1 Å². The maximum Gasteiger partial charge on any atom is 0.412 e. The van der Waals surface area contributed by atoms with Gasteiger partial charge in [-0.2, -0.15) is 0 Å². The van der Waals surface area contributed by atoms with E-state index in [2.05, 4.69) is 10.6 Å². The van der Waals surface area contributed by atoms with Gasteiger partial charge >= 0.3 is 12.1 Å². The number of aldehydes is 1. The summed E-state index contributed by atoms with van der Waals surface area (Å²) < 4.78 is 23.4. The molecule has 1 fully saturated rings. The van der Waals surface area contributed by atoms with Crippen molar-refractivity contribution in [2.75, 3.05) is 11.1 Å². The first-order chi connectivity index (χ1) is 17.1. The minimum absolute atomic E-state index is 0.0934. The van der Waals surface area contributed by atoms with Gasteiger partial charge < -0.3 is 19.3 Å². The number of para-hydroxylation sites is 1. The van der Waals surface area contributed by atoms with Gasteiger partial charge in [0.2, 0.25) is 11.3 Å². The van der Waals surface area contributed by atoms with Gasteiger partial charge in [-0.05, 0) is 64.3 Å². The molecule has 1 saturated heterocycles. The van der Waals surface area contributed by atoms with E-state index in [1.165, 1.54) is 0 Å². The first-order valence-corrected chi connectivity index (χ1v) is 13.0. The first kappa shape index (κ1) is 28.2. The normalized spacial score (nSPS) is 21.4. The van der Waals surface area contributed by atoms with Crippen LogP contribution in [0.3, 0.4) is 0 Å². The number of nitrogens with zero attached hydrogens (tertiary/aromatic N) is 1. The minimum atomic E-state index is -1.73. The molecule has 0 bridgehead atoms. The number of benzene rings is 1. The maximum absolute atomic E-state index is 13.0. The Morgan fingerprint density at radius 2 is 1.73 bits per heavy atom. The van der Waals surface area contributed by atoms with Crippen LogP contribution >= 0.6 is 0 Å². The zero-order chi connectivity index (χ0) is 27.7. The lowest BCUT2D eigenvalue weighted by molar-refractivity contribution is -0.159. The van der Waals surface area contributed by atoms with Crippen molar-refractivity contribution in [3.05, 3.63) is 41.1 Å². The Hall–Kier alpha value is -3.38. The van der Waals surface area contributed by atoms with Crippen LogP contribution in [0.4, 0.5) is 10.5 Å². The Bertz CT molecular complexity index is 1150. The van der Waals surface area contributed by atoms with Crippen molar-refractivity contribution in [2.45, 2.75) is 70.6 Å². The van der Waals surface area contributed by atoms with Crippen molar-refractivity contribution in [3.63, 3.8) is 0 Å². The molecule has 2 unspecified atom stereocenters. The topological polar surface area (TPSA) is 154 Å². The van der Waals surface area contributed by atoms with E-state index in [0.717, 1.165) is 4.90 Å². The summed E-state index contributed by atoms with van der Waals surface area (Å²) in [7, 11) is 0. The van der Waals surface area contributed by atoms with Crippen molar-refractivity contribution in [3.8, 4) is 0 Å². The van der Waals surface area contributed by atoms with Gasteiger partial charge in [-0.1, -0.05) is 18.2 Å². The molecule has 12 heteroatoms. The molecule has 0 radical (unpaired) electrons. The van der Waals surface area contributed by atoms with E-state index in [0.29, 0.717) is 17.5 Å². The van der Waals surface area contributed by atoms with Crippen LogP contribution in [0.15, 0.2) is 35.5 Å². The van der Waals surface area contributed by atoms with Gasteiger partial charge in [0.05, 0.1) is 12.0 Å². The molecule has 2 aliphatic heterocycles. The summed E-state index contributed by atoms with van der Waals surface area (Å²) in [5.74, 6) is -2.36. The molecule has 0 aliphatic carbocycles.